The van der Waals surface area contributed by atoms with E-state index >= 15 is 0 Å². The molecule has 7 heteroatoms. The van der Waals surface area contributed by atoms with E-state index < -0.39 is 0 Å². The van der Waals surface area contributed by atoms with Crippen molar-refractivity contribution >= 4 is 28.0 Å². The van der Waals surface area contributed by atoms with Gasteiger partial charge in [0.15, 0.2) is 0 Å². The van der Waals surface area contributed by atoms with Gasteiger partial charge in [-0.15, -0.1) is 21.5 Å². The largest absolute Gasteiger partial charge is 0.417 e. The average molecular weight is 419 g/mol. The zero-order valence-electron chi connectivity index (χ0n) is 17.0. The molecule has 0 spiro atoms. The molecule has 1 aliphatic rings. The number of aromatic nitrogens is 3. The van der Waals surface area contributed by atoms with Gasteiger partial charge < -0.3 is 9.32 Å². The molecular formula is C23H22N4O2S. The highest BCUT2D eigenvalue weighted by Gasteiger charge is 2.33. The van der Waals surface area contributed by atoms with Crippen LogP contribution in [-0.4, -0.2) is 32.5 Å². The van der Waals surface area contributed by atoms with Crippen molar-refractivity contribution in [3.05, 3.63) is 63.8 Å². The molecule has 0 bridgehead atoms. The van der Waals surface area contributed by atoms with Crippen LogP contribution in [0.15, 0.2) is 46.3 Å². The number of amides is 1. The van der Waals surface area contributed by atoms with E-state index in [0.717, 1.165) is 41.2 Å². The Morgan fingerprint density at radius 2 is 2.03 bits per heavy atom. The fourth-order valence-corrected chi connectivity index (χ4v) is 4.92. The van der Waals surface area contributed by atoms with Crippen LogP contribution in [0, 0.1) is 13.8 Å². The first-order valence-electron chi connectivity index (χ1n) is 10.2. The van der Waals surface area contributed by atoms with E-state index in [2.05, 4.69) is 15.2 Å². The number of piperidine rings is 1. The predicted molar refractivity (Wildman–Crippen MR) is 116 cm³/mol. The summed E-state index contributed by atoms with van der Waals surface area (Å²) in [6.45, 7) is 4.75. The Kier molecular flexibility index (Phi) is 4.83. The number of carbonyl (C=O) groups excluding carboxylic acids is 1. The van der Waals surface area contributed by atoms with Crippen LogP contribution in [-0.2, 0) is 0 Å². The third kappa shape index (κ3) is 3.19. The van der Waals surface area contributed by atoms with Crippen molar-refractivity contribution in [1.29, 1.82) is 0 Å². The van der Waals surface area contributed by atoms with E-state index in [1.165, 1.54) is 4.88 Å². The summed E-state index contributed by atoms with van der Waals surface area (Å²) < 4.78 is 6.09. The van der Waals surface area contributed by atoms with Crippen LogP contribution in [0.4, 0.5) is 0 Å². The Morgan fingerprint density at radius 1 is 1.17 bits per heavy atom. The average Bonchev–Trinajstić information content (AvgIpc) is 3.40. The Balaban J connectivity index is 1.49. The number of rotatable bonds is 3. The predicted octanol–water partition coefficient (Wildman–Crippen LogP) is 5.33. The van der Waals surface area contributed by atoms with Gasteiger partial charge in [0, 0.05) is 28.4 Å². The minimum Gasteiger partial charge on any atom is -0.417 e. The van der Waals surface area contributed by atoms with Crippen LogP contribution in [0.1, 0.15) is 52.0 Å². The number of fused-ring (bicyclic) bond motifs is 1. The second-order valence-corrected chi connectivity index (χ2v) is 8.75. The van der Waals surface area contributed by atoms with Gasteiger partial charge in [0.2, 0.25) is 5.89 Å². The van der Waals surface area contributed by atoms with Crippen LogP contribution in [0.5, 0.6) is 0 Å². The lowest BCUT2D eigenvalue weighted by Gasteiger charge is -2.33. The van der Waals surface area contributed by atoms with Crippen molar-refractivity contribution in [2.24, 2.45) is 0 Å². The standard InChI is InChI=1S/C23H22N4O2S/c1-14-15(2)30-13-18(14)23(28)27-12-6-5-9-19(27)21-25-26-22(29-21)20-17-8-4-3-7-16(17)10-11-24-20/h3-4,7-8,10-11,13,19H,5-6,9,12H2,1-2H3. The third-order valence-corrected chi connectivity index (χ3v) is 6.89. The van der Waals surface area contributed by atoms with Gasteiger partial charge in [0.1, 0.15) is 11.7 Å². The molecule has 1 aliphatic heterocycles. The van der Waals surface area contributed by atoms with Crippen LogP contribution >= 0.6 is 11.3 Å². The van der Waals surface area contributed by atoms with Gasteiger partial charge in [0.25, 0.3) is 11.8 Å². The highest BCUT2D eigenvalue weighted by atomic mass is 32.1. The molecule has 1 saturated heterocycles. The monoisotopic (exact) mass is 418 g/mol. The Bertz CT molecular complexity index is 1220. The molecule has 152 valence electrons. The van der Waals surface area contributed by atoms with Gasteiger partial charge >= 0.3 is 0 Å². The fourth-order valence-electron chi connectivity index (χ4n) is 4.07. The van der Waals surface area contributed by atoms with E-state index in [-0.39, 0.29) is 11.9 Å². The first-order valence-corrected chi connectivity index (χ1v) is 11.0. The van der Waals surface area contributed by atoms with Gasteiger partial charge in [-0.2, -0.15) is 0 Å². The molecule has 6 nitrogen and oxygen atoms in total. The van der Waals surface area contributed by atoms with Crippen LogP contribution in [0.3, 0.4) is 0 Å². The topological polar surface area (TPSA) is 72.1 Å². The highest BCUT2D eigenvalue weighted by molar-refractivity contribution is 7.10. The zero-order chi connectivity index (χ0) is 20.7. The second-order valence-electron chi connectivity index (χ2n) is 7.67. The lowest BCUT2D eigenvalue weighted by molar-refractivity contribution is 0.0572. The van der Waals surface area contributed by atoms with E-state index in [4.69, 9.17) is 4.42 Å². The number of thiophene rings is 1. The highest BCUT2D eigenvalue weighted by Crippen LogP contribution is 2.35. The van der Waals surface area contributed by atoms with E-state index in [9.17, 15) is 4.79 Å². The minimum absolute atomic E-state index is 0.0459. The summed E-state index contributed by atoms with van der Waals surface area (Å²) >= 11 is 1.62. The summed E-state index contributed by atoms with van der Waals surface area (Å²) in [5, 5.41) is 12.6. The molecule has 1 fully saturated rings. The molecule has 4 aromatic rings. The minimum atomic E-state index is -0.206. The fraction of sp³-hybridized carbons (Fsp3) is 0.304. The van der Waals surface area contributed by atoms with E-state index in [1.807, 2.05) is 54.5 Å². The molecule has 1 amide bonds. The summed E-state index contributed by atoms with van der Waals surface area (Å²) in [6, 6.07) is 9.75. The number of aryl methyl sites for hydroxylation is 1. The number of hydrogen-bond acceptors (Lipinski definition) is 6. The second kappa shape index (κ2) is 7.65. The third-order valence-electron chi connectivity index (χ3n) is 5.88. The van der Waals surface area contributed by atoms with Crippen molar-refractivity contribution in [2.75, 3.05) is 6.54 Å². The summed E-state index contributed by atoms with van der Waals surface area (Å²) in [4.78, 5) is 20.8. The smallest absolute Gasteiger partial charge is 0.267 e. The van der Waals surface area contributed by atoms with Gasteiger partial charge in [-0.1, -0.05) is 24.3 Å². The van der Waals surface area contributed by atoms with Crippen LogP contribution < -0.4 is 0 Å². The normalized spacial score (nSPS) is 16.9. The Morgan fingerprint density at radius 3 is 2.87 bits per heavy atom. The van der Waals surface area contributed by atoms with Crippen molar-refractivity contribution < 1.29 is 9.21 Å². The lowest BCUT2D eigenvalue weighted by Crippen LogP contribution is -2.38. The molecule has 0 N–H and O–H groups in total. The van der Waals surface area contributed by atoms with Crippen molar-refractivity contribution in [2.45, 2.75) is 39.2 Å². The number of nitrogens with zero attached hydrogens (tertiary/aromatic N) is 4. The Labute approximate surface area is 178 Å². The molecular weight excluding hydrogens is 396 g/mol. The quantitative estimate of drug-likeness (QED) is 0.450. The first kappa shape index (κ1) is 18.9. The lowest BCUT2D eigenvalue weighted by atomic mass is 10.0. The maximum Gasteiger partial charge on any atom is 0.267 e. The maximum absolute atomic E-state index is 13.3. The van der Waals surface area contributed by atoms with Crippen molar-refractivity contribution in [3.63, 3.8) is 0 Å². The van der Waals surface area contributed by atoms with Crippen LogP contribution in [0.2, 0.25) is 0 Å². The van der Waals surface area contributed by atoms with Crippen LogP contribution in [0.25, 0.3) is 22.4 Å². The Hall–Kier alpha value is -3.06. The number of carbonyl (C=O) groups is 1. The summed E-state index contributed by atoms with van der Waals surface area (Å²) in [7, 11) is 0. The molecule has 4 heterocycles. The molecule has 1 aromatic carbocycles. The van der Waals surface area contributed by atoms with Gasteiger partial charge in [-0.05, 0) is 50.1 Å². The maximum atomic E-state index is 13.3. The molecule has 5 rings (SSSR count). The SMILES string of the molecule is Cc1scc(C(=O)N2CCCCC2c2nnc(-c3nccc4ccccc34)o2)c1C. The molecule has 0 radical (unpaired) electrons. The number of hydrogen-bond donors (Lipinski definition) is 0. The summed E-state index contributed by atoms with van der Waals surface area (Å²) in [5.41, 5.74) is 2.50. The molecule has 3 aromatic heterocycles. The number of benzene rings is 1. The van der Waals surface area contributed by atoms with Crippen molar-refractivity contribution in [3.8, 4) is 11.6 Å². The molecule has 1 unspecified atom stereocenters. The van der Waals surface area contributed by atoms with E-state index in [0.29, 0.717) is 24.0 Å². The van der Waals surface area contributed by atoms with Gasteiger partial charge in [0.05, 0.1) is 5.56 Å². The van der Waals surface area contributed by atoms with Gasteiger partial charge in [-0.25, -0.2) is 0 Å². The van der Waals surface area contributed by atoms with Gasteiger partial charge in [-0.3, -0.25) is 9.78 Å². The molecule has 1 atom stereocenters. The number of likely N-dealkylation sites (tertiary alicyclic amines) is 1. The molecule has 0 saturated carbocycles. The molecule has 30 heavy (non-hydrogen) atoms. The summed E-state index contributed by atoms with van der Waals surface area (Å²) in [6.07, 6.45) is 4.58. The number of pyridine rings is 1. The summed E-state index contributed by atoms with van der Waals surface area (Å²) in [5.74, 6) is 0.921. The zero-order valence-corrected chi connectivity index (χ0v) is 17.8. The van der Waals surface area contributed by atoms with Crippen molar-refractivity contribution in [1.82, 2.24) is 20.1 Å². The van der Waals surface area contributed by atoms with E-state index in [1.54, 1.807) is 17.5 Å². The molecule has 0 aliphatic carbocycles. The first-order chi connectivity index (χ1) is 14.6.